The van der Waals surface area contributed by atoms with Crippen LogP contribution in [0.2, 0.25) is 0 Å². The van der Waals surface area contributed by atoms with Gasteiger partial charge >= 0.3 is 11.9 Å². The van der Waals surface area contributed by atoms with Crippen molar-refractivity contribution in [3.63, 3.8) is 0 Å². The van der Waals surface area contributed by atoms with Gasteiger partial charge in [0.05, 0.1) is 18.8 Å². The van der Waals surface area contributed by atoms with Gasteiger partial charge in [-0.2, -0.15) is 0 Å². The normalized spacial score (nSPS) is 18.6. The Morgan fingerprint density at radius 2 is 1.21 bits per heavy atom. The molecular formula is C45H82O8. The average Bonchev–Trinajstić information content (AvgIpc) is 3.40. The third-order valence-corrected chi connectivity index (χ3v) is 10.9. The van der Waals surface area contributed by atoms with Crippen molar-refractivity contribution in [1.29, 1.82) is 0 Å². The van der Waals surface area contributed by atoms with Crippen molar-refractivity contribution < 1.29 is 39.2 Å². The smallest absolute Gasteiger partial charge is 0.306 e. The van der Waals surface area contributed by atoms with Gasteiger partial charge in [-0.1, -0.05) is 174 Å². The van der Waals surface area contributed by atoms with Gasteiger partial charge in [0.2, 0.25) is 0 Å². The van der Waals surface area contributed by atoms with Crippen molar-refractivity contribution in [2.24, 2.45) is 17.8 Å². The van der Waals surface area contributed by atoms with Crippen molar-refractivity contribution in [2.75, 3.05) is 13.2 Å². The van der Waals surface area contributed by atoms with Gasteiger partial charge in [-0.3, -0.25) is 14.4 Å². The second-order valence-electron chi connectivity index (χ2n) is 16.4. The van der Waals surface area contributed by atoms with E-state index in [-0.39, 0.29) is 55.6 Å². The van der Waals surface area contributed by atoms with Crippen LogP contribution in [0.1, 0.15) is 207 Å². The van der Waals surface area contributed by atoms with Crippen LogP contribution in [0.5, 0.6) is 0 Å². The van der Waals surface area contributed by atoms with Crippen LogP contribution in [-0.4, -0.2) is 64.6 Å². The molecule has 0 unspecified atom stereocenters. The molecule has 0 aliphatic heterocycles. The van der Waals surface area contributed by atoms with E-state index in [4.69, 9.17) is 9.47 Å². The predicted molar refractivity (Wildman–Crippen MR) is 215 cm³/mol. The zero-order valence-electron chi connectivity index (χ0n) is 34.4. The molecule has 1 saturated carbocycles. The van der Waals surface area contributed by atoms with Crippen molar-refractivity contribution in [3.05, 3.63) is 12.2 Å². The molecule has 0 saturated heterocycles. The Morgan fingerprint density at radius 3 is 1.74 bits per heavy atom. The fraction of sp³-hybridized carbons (Fsp3) is 0.889. The second kappa shape index (κ2) is 33.6. The lowest BCUT2D eigenvalue weighted by atomic mass is 9.88. The van der Waals surface area contributed by atoms with Gasteiger partial charge in [0.15, 0.2) is 6.10 Å². The monoisotopic (exact) mass is 751 g/mol. The Morgan fingerprint density at radius 1 is 0.717 bits per heavy atom. The summed E-state index contributed by atoms with van der Waals surface area (Å²) in [5, 5.41) is 30.3. The van der Waals surface area contributed by atoms with Crippen LogP contribution in [0, 0.1) is 17.8 Å². The van der Waals surface area contributed by atoms with E-state index in [1.165, 1.54) is 89.9 Å². The first kappa shape index (κ1) is 49.2. The molecule has 0 heterocycles. The molecule has 0 bridgehead atoms. The maximum Gasteiger partial charge on any atom is 0.306 e. The lowest BCUT2D eigenvalue weighted by Crippen LogP contribution is -2.28. The Labute approximate surface area is 324 Å². The molecule has 53 heavy (non-hydrogen) atoms. The maximum absolute atomic E-state index is 12.4. The molecule has 0 amide bonds. The van der Waals surface area contributed by atoms with E-state index in [0.717, 1.165) is 70.1 Å². The molecule has 0 aromatic rings. The molecule has 0 aromatic carbocycles. The number of aliphatic hydroxyl groups excluding tert-OH is 3. The summed E-state index contributed by atoms with van der Waals surface area (Å²) in [5.74, 6) is -0.332. The Balaban J connectivity index is 2.01. The lowest BCUT2D eigenvalue weighted by Gasteiger charge is -2.19. The Bertz CT molecular complexity index is 933. The molecular weight excluding hydrogens is 668 g/mol. The van der Waals surface area contributed by atoms with Crippen molar-refractivity contribution in [2.45, 2.75) is 225 Å². The third kappa shape index (κ3) is 27.5. The molecule has 3 N–H and O–H groups in total. The average molecular weight is 751 g/mol. The molecule has 0 aromatic heterocycles. The number of ketones is 1. The van der Waals surface area contributed by atoms with Crippen LogP contribution in [0.25, 0.3) is 0 Å². The van der Waals surface area contributed by atoms with Crippen LogP contribution in [0.15, 0.2) is 12.2 Å². The molecule has 0 spiro atoms. The van der Waals surface area contributed by atoms with Gasteiger partial charge in [-0.15, -0.1) is 0 Å². The topological polar surface area (TPSA) is 130 Å². The summed E-state index contributed by atoms with van der Waals surface area (Å²) in [6.45, 7) is 6.21. The SMILES string of the molecule is CCCCC[C@H](O)/C=C/[C@H]1C(=O)C[C@H](O)[C@@H]1CCCCCCC(=O)OC[C@H](CO)OC(=O)CCCCCCCCCCCCCCCCCCC(C)C. The number of carbonyl (C=O) groups is 3. The summed E-state index contributed by atoms with van der Waals surface area (Å²) < 4.78 is 10.6. The minimum absolute atomic E-state index is 0.0366. The molecule has 1 aliphatic rings. The van der Waals surface area contributed by atoms with Crippen LogP contribution in [-0.2, 0) is 23.9 Å². The summed E-state index contributed by atoms with van der Waals surface area (Å²) >= 11 is 0. The molecule has 1 fully saturated rings. The second-order valence-corrected chi connectivity index (χ2v) is 16.4. The Kier molecular flexibility index (Phi) is 31.2. The quantitative estimate of drug-likeness (QED) is 0.0328. The number of aliphatic hydroxyl groups is 3. The minimum Gasteiger partial charge on any atom is -0.462 e. The van der Waals surface area contributed by atoms with E-state index in [1.54, 1.807) is 12.2 Å². The maximum atomic E-state index is 12.4. The number of ether oxygens (including phenoxy) is 2. The largest absolute Gasteiger partial charge is 0.462 e. The number of unbranched alkanes of at least 4 members (excludes halogenated alkanes) is 20. The molecule has 310 valence electrons. The number of rotatable bonds is 36. The highest BCUT2D eigenvalue weighted by Crippen LogP contribution is 2.34. The van der Waals surface area contributed by atoms with Crippen molar-refractivity contribution in [1.82, 2.24) is 0 Å². The first-order valence-electron chi connectivity index (χ1n) is 22.2. The van der Waals surface area contributed by atoms with E-state index in [0.29, 0.717) is 19.3 Å². The van der Waals surface area contributed by atoms with E-state index in [2.05, 4.69) is 20.8 Å². The van der Waals surface area contributed by atoms with Crippen LogP contribution in [0.4, 0.5) is 0 Å². The van der Waals surface area contributed by atoms with Crippen LogP contribution in [0.3, 0.4) is 0 Å². The Hall–Kier alpha value is -1.77. The molecule has 8 heteroatoms. The van der Waals surface area contributed by atoms with Crippen LogP contribution >= 0.6 is 0 Å². The highest BCUT2D eigenvalue weighted by molar-refractivity contribution is 5.86. The number of esters is 2. The van der Waals surface area contributed by atoms with E-state index >= 15 is 0 Å². The molecule has 1 aliphatic carbocycles. The van der Waals surface area contributed by atoms with Gasteiger partial charge in [-0.25, -0.2) is 0 Å². The molecule has 5 atom stereocenters. The number of carbonyl (C=O) groups excluding carboxylic acids is 3. The number of hydrogen-bond acceptors (Lipinski definition) is 8. The lowest BCUT2D eigenvalue weighted by molar-refractivity contribution is -0.161. The minimum atomic E-state index is -0.842. The molecule has 8 nitrogen and oxygen atoms in total. The fourth-order valence-corrected chi connectivity index (χ4v) is 7.47. The third-order valence-electron chi connectivity index (χ3n) is 10.9. The molecule has 0 radical (unpaired) electrons. The van der Waals surface area contributed by atoms with Gasteiger partial charge < -0.3 is 24.8 Å². The number of Topliss-reactive ketones (excluding diaryl/α,β-unsaturated/α-hetero) is 1. The summed E-state index contributed by atoms with van der Waals surface area (Å²) in [7, 11) is 0. The highest BCUT2D eigenvalue weighted by atomic mass is 16.6. The van der Waals surface area contributed by atoms with E-state index < -0.39 is 18.3 Å². The van der Waals surface area contributed by atoms with Gasteiger partial charge in [-0.05, 0) is 37.5 Å². The van der Waals surface area contributed by atoms with Gasteiger partial charge in [0, 0.05) is 25.2 Å². The standard InChI is InChI=1S/C45H82O8/c1-4-5-22-28-38(47)32-33-41-40(42(48)34-43(41)49)29-24-20-21-25-30-44(50)52-36-39(35-46)53-45(51)31-26-19-17-15-13-11-9-7-6-8-10-12-14-16-18-23-27-37(2)3/h32-33,37-42,46-48H,4-31,34-36H2,1-3H3/b33-32+/t38-,39-,40+,41+,42-/m0/s1. The van der Waals surface area contributed by atoms with E-state index in [9.17, 15) is 29.7 Å². The zero-order valence-corrected chi connectivity index (χ0v) is 34.4. The van der Waals surface area contributed by atoms with Crippen molar-refractivity contribution in [3.8, 4) is 0 Å². The predicted octanol–water partition coefficient (Wildman–Crippen LogP) is 10.5. The molecule has 1 rings (SSSR count). The summed E-state index contributed by atoms with van der Waals surface area (Å²) in [6.07, 6.45) is 31.8. The number of hydrogen-bond donors (Lipinski definition) is 3. The number of allylic oxidation sites excluding steroid dienone is 1. The van der Waals surface area contributed by atoms with Crippen LogP contribution < -0.4 is 0 Å². The van der Waals surface area contributed by atoms with Gasteiger partial charge in [0.1, 0.15) is 12.4 Å². The van der Waals surface area contributed by atoms with Crippen molar-refractivity contribution >= 4 is 17.7 Å². The first-order chi connectivity index (χ1) is 25.7. The van der Waals surface area contributed by atoms with E-state index in [1.807, 2.05) is 0 Å². The summed E-state index contributed by atoms with van der Waals surface area (Å²) in [6, 6.07) is 0. The van der Waals surface area contributed by atoms with Gasteiger partial charge in [0.25, 0.3) is 0 Å². The summed E-state index contributed by atoms with van der Waals surface area (Å²) in [5.41, 5.74) is 0. The highest BCUT2D eigenvalue weighted by Gasteiger charge is 2.39. The fourth-order valence-electron chi connectivity index (χ4n) is 7.47. The first-order valence-corrected chi connectivity index (χ1v) is 22.2. The summed E-state index contributed by atoms with van der Waals surface area (Å²) in [4.78, 5) is 36.9. The zero-order chi connectivity index (χ0) is 38.9.